The molecule has 6 heteroatoms. The van der Waals surface area contributed by atoms with Gasteiger partial charge in [-0.25, -0.2) is 4.39 Å². The molecule has 0 aliphatic carbocycles. The lowest BCUT2D eigenvalue weighted by molar-refractivity contribution is 0.177. The van der Waals surface area contributed by atoms with Crippen LogP contribution in [0.2, 0.25) is 5.02 Å². The van der Waals surface area contributed by atoms with Gasteiger partial charge < -0.3 is 9.73 Å². The maximum atomic E-state index is 14.7. The van der Waals surface area contributed by atoms with E-state index < -0.39 is 0 Å². The van der Waals surface area contributed by atoms with Gasteiger partial charge in [0.2, 0.25) is 0 Å². The first-order valence-corrected chi connectivity index (χ1v) is 7.49. The second kappa shape index (κ2) is 7.47. The molecular weight excluding hydrogens is 326 g/mol. The van der Waals surface area contributed by atoms with E-state index in [2.05, 4.69) is 10.2 Å². The highest BCUT2D eigenvalue weighted by Gasteiger charge is 2.30. The highest BCUT2D eigenvalue weighted by Crippen LogP contribution is 2.36. The van der Waals surface area contributed by atoms with Gasteiger partial charge in [-0.05, 0) is 30.7 Å². The number of rotatable bonds is 3. The Morgan fingerprint density at radius 3 is 2.64 bits per heavy atom. The van der Waals surface area contributed by atoms with E-state index in [-0.39, 0.29) is 24.3 Å². The fourth-order valence-electron chi connectivity index (χ4n) is 2.82. The number of hydrogen-bond acceptors (Lipinski definition) is 3. The number of halogens is 3. The first-order valence-electron chi connectivity index (χ1n) is 7.11. The molecule has 0 spiro atoms. The van der Waals surface area contributed by atoms with E-state index >= 15 is 0 Å². The van der Waals surface area contributed by atoms with Crippen molar-refractivity contribution in [3.05, 3.63) is 58.3 Å². The van der Waals surface area contributed by atoms with Crippen molar-refractivity contribution in [2.24, 2.45) is 0 Å². The first kappa shape index (κ1) is 17.3. The molecule has 1 aliphatic heterocycles. The Labute approximate surface area is 140 Å². The van der Waals surface area contributed by atoms with Crippen LogP contribution in [0.1, 0.15) is 22.9 Å². The molecule has 0 amide bonds. The Bertz CT molecular complexity index is 613. The van der Waals surface area contributed by atoms with Crippen molar-refractivity contribution < 1.29 is 8.81 Å². The summed E-state index contributed by atoms with van der Waals surface area (Å²) in [6.07, 6.45) is 1.62. The molecule has 2 heterocycles. The van der Waals surface area contributed by atoms with E-state index in [4.69, 9.17) is 16.0 Å². The smallest absolute Gasteiger partial charge is 0.132 e. The minimum atomic E-state index is -0.283. The number of hydrogen-bond donors (Lipinski definition) is 1. The lowest BCUT2D eigenvalue weighted by atomic mass is 9.99. The molecule has 22 heavy (non-hydrogen) atoms. The van der Waals surface area contributed by atoms with Gasteiger partial charge in [-0.3, -0.25) is 4.90 Å². The van der Waals surface area contributed by atoms with Gasteiger partial charge in [0.25, 0.3) is 0 Å². The predicted molar refractivity (Wildman–Crippen MR) is 88.4 cm³/mol. The maximum Gasteiger partial charge on any atom is 0.132 e. The topological polar surface area (TPSA) is 28.4 Å². The molecule has 1 N–H and O–H groups in total. The van der Waals surface area contributed by atoms with Crippen molar-refractivity contribution in [1.29, 1.82) is 0 Å². The lowest BCUT2D eigenvalue weighted by Gasteiger charge is -2.34. The number of benzene rings is 1. The summed E-state index contributed by atoms with van der Waals surface area (Å²) in [5.41, 5.74) is 1.11. The molecule has 0 bridgehead atoms. The van der Waals surface area contributed by atoms with Gasteiger partial charge in [-0.1, -0.05) is 17.7 Å². The Hall–Kier alpha value is -1.07. The van der Waals surface area contributed by atoms with Crippen LogP contribution in [0, 0.1) is 12.7 Å². The summed E-state index contributed by atoms with van der Waals surface area (Å²) in [4.78, 5) is 2.21. The molecule has 0 radical (unpaired) electrons. The number of aryl methyl sites for hydroxylation is 1. The zero-order chi connectivity index (χ0) is 14.8. The Morgan fingerprint density at radius 1 is 1.27 bits per heavy atom. The minimum Gasteiger partial charge on any atom is -0.467 e. The summed E-state index contributed by atoms with van der Waals surface area (Å²) in [6.45, 7) is 5.17. The molecular formula is C16H19Cl2FN2O. The quantitative estimate of drug-likeness (QED) is 0.917. The fraction of sp³-hybridized carbons (Fsp3) is 0.375. The van der Waals surface area contributed by atoms with Crippen molar-refractivity contribution in [2.75, 3.05) is 26.2 Å². The van der Waals surface area contributed by atoms with Crippen LogP contribution in [0.5, 0.6) is 0 Å². The summed E-state index contributed by atoms with van der Waals surface area (Å²) in [6, 6.07) is 6.89. The number of nitrogens with zero attached hydrogens (tertiary/aromatic N) is 1. The van der Waals surface area contributed by atoms with Gasteiger partial charge in [0.1, 0.15) is 11.6 Å². The van der Waals surface area contributed by atoms with Crippen LogP contribution in [-0.4, -0.2) is 31.1 Å². The highest BCUT2D eigenvalue weighted by atomic mass is 35.5. The fourth-order valence-corrected chi connectivity index (χ4v) is 3.07. The number of piperazine rings is 1. The van der Waals surface area contributed by atoms with Crippen LogP contribution in [-0.2, 0) is 0 Å². The normalized spacial score (nSPS) is 17.0. The van der Waals surface area contributed by atoms with E-state index in [0.29, 0.717) is 16.1 Å². The van der Waals surface area contributed by atoms with Crippen LogP contribution in [0.15, 0.2) is 34.9 Å². The largest absolute Gasteiger partial charge is 0.467 e. The second-order valence-electron chi connectivity index (χ2n) is 5.30. The highest BCUT2D eigenvalue weighted by molar-refractivity contribution is 6.31. The van der Waals surface area contributed by atoms with Gasteiger partial charge in [0, 0.05) is 36.8 Å². The predicted octanol–water partition coefficient (Wildman–Crippen LogP) is 3.80. The SMILES string of the molecule is Cc1ccc(Cl)c([C@@H](c2ccco2)N2CCNCC2)c1F.Cl. The summed E-state index contributed by atoms with van der Waals surface area (Å²) in [5, 5.41) is 3.75. The minimum absolute atomic E-state index is 0. The molecule has 3 nitrogen and oxygen atoms in total. The van der Waals surface area contributed by atoms with Gasteiger partial charge >= 0.3 is 0 Å². The Balaban J connectivity index is 0.00000176. The van der Waals surface area contributed by atoms with E-state index in [1.54, 1.807) is 25.3 Å². The van der Waals surface area contributed by atoms with Crippen LogP contribution in [0.3, 0.4) is 0 Å². The van der Waals surface area contributed by atoms with Crippen molar-refractivity contribution in [1.82, 2.24) is 10.2 Å². The van der Waals surface area contributed by atoms with Crippen molar-refractivity contribution >= 4 is 24.0 Å². The van der Waals surface area contributed by atoms with E-state index in [1.807, 2.05) is 12.1 Å². The summed E-state index contributed by atoms with van der Waals surface area (Å²) < 4.78 is 20.3. The Morgan fingerprint density at radius 2 is 2.00 bits per heavy atom. The van der Waals surface area contributed by atoms with Crippen LogP contribution in [0.4, 0.5) is 4.39 Å². The lowest BCUT2D eigenvalue weighted by Crippen LogP contribution is -2.45. The van der Waals surface area contributed by atoms with Crippen molar-refractivity contribution in [3.63, 3.8) is 0 Å². The molecule has 2 aromatic rings. The van der Waals surface area contributed by atoms with Crippen LogP contribution in [0.25, 0.3) is 0 Å². The van der Waals surface area contributed by atoms with Crippen molar-refractivity contribution in [2.45, 2.75) is 13.0 Å². The number of nitrogens with one attached hydrogen (secondary N) is 1. The first-order chi connectivity index (χ1) is 10.2. The third kappa shape index (κ3) is 3.30. The van der Waals surface area contributed by atoms with Crippen LogP contribution < -0.4 is 5.32 Å². The van der Waals surface area contributed by atoms with Crippen LogP contribution >= 0.6 is 24.0 Å². The second-order valence-corrected chi connectivity index (χ2v) is 5.70. The van der Waals surface area contributed by atoms with Gasteiger partial charge in [-0.2, -0.15) is 0 Å². The molecule has 0 unspecified atom stereocenters. The van der Waals surface area contributed by atoms with Crippen molar-refractivity contribution in [3.8, 4) is 0 Å². The zero-order valence-electron chi connectivity index (χ0n) is 12.3. The van der Waals surface area contributed by atoms with E-state index in [0.717, 1.165) is 31.9 Å². The van der Waals surface area contributed by atoms with E-state index in [1.165, 1.54) is 0 Å². The molecule has 1 atom stereocenters. The molecule has 1 aromatic heterocycles. The van der Waals surface area contributed by atoms with Gasteiger partial charge in [0.15, 0.2) is 0 Å². The standard InChI is InChI=1S/C16H18ClFN2O.ClH/c1-11-4-5-12(17)14(15(11)18)16(13-3-2-10-21-13)20-8-6-19-7-9-20;/h2-5,10,16,19H,6-9H2,1H3;1H/t16-;/m1./s1. The number of furan rings is 1. The molecule has 1 aliphatic rings. The molecule has 1 saturated heterocycles. The van der Waals surface area contributed by atoms with Gasteiger partial charge in [-0.15, -0.1) is 12.4 Å². The average Bonchev–Trinajstić information content (AvgIpc) is 3.02. The summed E-state index contributed by atoms with van der Waals surface area (Å²) in [7, 11) is 0. The molecule has 120 valence electrons. The zero-order valence-corrected chi connectivity index (χ0v) is 13.9. The maximum absolute atomic E-state index is 14.7. The third-order valence-electron chi connectivity index (χ3n) is 3.92. The monoisotopic (exact) mass is 344 g/mol. The molecule has 3 rings (SSSR count). The van der Waals surface area contributed by atoms with E-state index in [9.17, 15) is 4.39 Å². The third-order valence-corrected chi connectivity index (χ3v) is 4.25. The molecule has 1 fully saturated rings. The Kier molecular flexibility index (Phi) is 5.87. The average molecular weight is 345 g/mol. The summed E-state index contributed by atoms with van der Waals surface area (Å²) in [5.74, 6) is 0.478. The van der Waals surface area contributed by atoms with Gasteiger partial charge in [0.05, 0.1) is 12.3 Å². The molecule has 1 aromatic carbocycles. The summed E-state index contributed by atoms with van der Waals surface area (Å²) >= 11 is 6.31. The molecule has 0 saturated carbocycles.